The molecule has 0 unspecified atom stereocenters. The predicted molar refractivity (Wildman–Crippen MR) is 131 cm³/mol. The van der Waals surface area contributed by atoms with Crippen molar-refractivity contribution in [2.75, 3.05) is 4.90 Å². The van der Waals surface area contributed by atoms with Crippen molar-refractivity contribution in [3.05, 3.63) is 113 Å². The van der Waals surface area contributed by atoms with Gasteiger partial charge < -0.3 is 0 Å². The Kier molecular flexibility index (Phi) is 5.67. The minimum atomic E-state index is -0.112. The standard InChI is InChI=1S/C26H18ClN3OS/c27-22-12-13-23-24(15-22)32-26(29-23)30(17-18-5-4-14-28-16-18)25(31)21-10-8-20(9-11-21)19-6-2-1-3-7-19/h1-16H,17H2. The third-order valence-electron chi connectivity index (χ3n) is 5.12. The second kappa shape index (κ2) is 8.91. The molecule has 6 heteroatoms. The number of anilines is 1. The highest BCUT2D eigenvalue weighted by atomic mass is 35.5. The maximum Gasteiger partial charge on any atom is 0.260 e. The topological polar surface area (TPSA) is 46.1 Å². The Balaban J connectivity index is 1.51. The van der Waals surface area contributed by atoms with Crippen molar-refractivity contribution in [1.82, 2.24) is 9.97 Å². The number of aromatic nitrogens is 2. The minimum absolute atomic E-state index is 0.112. The molecule has 5 rings (SSSR count). The molecule has 0 atom stereocenters. The second-order valence-corrected chi connectivity index (χ2v) is 8.75. The first kappa shape index (κ1) is 20.4. The fourth-order valence-corrected chi connectivity index (χ4v) is 4.73. The van der Waals surface area contributed by atoms with Crippen LogP contribution < -0.4 is 4.90 Å². The van der Waals surface area contributed by atoms with E-state index < -0.39 is 0 Å². The van der Waals surface area contributed by atoms with Gasteiger partial charge in [-0.3, -0.25) is 14.7 Å². The van der Waals surface area contributed by atoms with Gasteiger partial charge in [-0.2, -0.15) is 0 Å². The van der Waals surface area contributed by atoms with Crippen molar-refractivity contribution < 1.29 is 4.79 Å². The molecule has 2 heterocycles. The zero-order valence-electron chi connectivity index (χ0n) is 17.0. The number of halogens is 1. The third-order valence-corrected chi connectivity index (χ3v) is 6.39. The molecule has 4 nitrogen and oxygen atoms in total. The summed E-state index contributed by atoms with van der Waals surface area (Å²) in [5.74, 6) is -0.112. The molecule has 0 aliphatic heterocycles. The lowest BCUT2D eigenvalue weighted by molar-refractivity contribution is 0.0985. The Hall–Kier alpha value is -3.54. The van der Waals surface area contributed by atoms with Gasteiger partial charge in [0.25, 0.3) is 5.91 Å². The minimum Gasteiger partial charge on any atom is -0.279 e. The van der Waals surface area contributed by atoms with Crippen LogP contribution in [0.1, 0.15) is 15.9 Å². The normalized spacial score (nSPS) is 10.9. The number of amides is 1. The summed E-state index contributed by atoms with van der Waals surface area (Å²) in [6.45, 7) is 0.376. The molecule has 156 valence electrons. The van der Waals surface area contributed by atoms with Crippen LogP contribution in [0.5, 0.6) is 0 Å². The Bertz CT molecular complexity index is 1370. The van der Waals surface area contributed by atoms with Crippen molar-refractivity contribution in [1.29, 1.82) is 0 Å². The lowest BCUT2D eigenvalue weighted by Gasteiger charge is -2.20. The fourth-order valence-electron chi connectivity index (χ4n) is 3.49. The van der Waals surface area contributed by atoms with Crippen LogP contribution in [0.4, 0.5) is 5.13 Å². The van der Waals surface area contributed by atoms with E-state index in [4.69, 9.17) is 16.6 Å². The molecular formula is C26H18ClN3OS. The van der Waals surface area contributed by atoms with Gasteiger partial charge >= 0.3 is 0 Å². The van der Waals surface area contributed by atoms with Crippen LogP contribution in [0.3, 0.4) is 0 Å². The van der Waals surface area contributed by atoms with Gasteiger partial charge in [-0.05, 0) is 53.1 Å². The summed E-state index contributed by atoms with van der Waals surface area (Å²) < 4.78 is 0.941. The number of hydrogen-bond acceptors (Lipinski definition) is 4. The molecule has 0 bridgehead atoms. The summed E-state index contributed by atoms with van der Waals surface area (Å²) in [4.78, 5) is 24.2. The zero-order valence-corrected chi connectivity index (χ0v) is 18.6. The monoisotopic (exact) mass is 455 g/mol. The van der Waals surface area contributed by atoms with Gasteiger partial charge in [0, 0.05) is 23.0 Å². The zero-order chi connectivity index (χ0) is 21.9. The molecule has 1 amide bonds. The number of thiazole rings is 1. The van der Waals surface area contributed by atoms with Gasteiger partial charge in [-0.1, -0.05) is 71.5 Å². The largest absolute Gasteiger partial charge is 0.279 e. The van der Waals surface area contributed by atoms with Crippen LogP contribution in [0.2, 0.25) is 5.02 Å². The molecule has 0 fully saturated rings. The maximum atomic E-state index is 13.6. The van der Waals surface area contributed by atoms with E-state index in [-0.39, 0.29) is 5.91 Å². The molecule has 2 aromatic heterocycles. The van der Waals surface area contributed by atoms with Crippen LogP contribution >= 0.6 is 22.9 Å². The summed E-state index contributed by atoms with van der Waals surface area (Å²) in [6, 6.07) is 27.2. The maximum absolute atomic E-state index is 13.6. The summed E-state index contributed by atoms with van der Waals surface area (Å²) in [7, 11) is 0. The third kappa shape index (κ3) is 4.26. The summed E-state index contributed by atoms with van der Waals surface area (Å²) in [5, 5.41) is 1.28. The molecule has 0 aliphatic rings. The number of hydrogen-bond donors (Lipinski definition) is 0. The number of carbonyl (C=O) groups is 1. The van der Waals surface area contributed by atoms with E-state index in [0.717, 1.165) is 26.9 Å². The Morgan fingerprint density at radius 3 is 2.44 bits per heavy atom. The van der Waals surface area contributed by atoms with E-state index >= 15 is 0 Å². The van der Waals surface area contributed by atoms with E-state index in [1.807, 2.05) is 72.8 Å². The highest BCUT2D eigenvalue weighted by Crippen LogP contribution is 2.32. The average molecular weight is 456 g/mol. The van der Waals surface area contributed by atoms with Crippen LogP contribution in [0.25, 0.3) is 21.3 Å². The van der Waals surface area contributed by atoms with E-state index in [9.17, 15) is 4.79 Å². The van der Waals surface area contributed by atoms with Gasteiger partial charge in [0.15, 0.2) is 5.13 Å². The van der Waals surface area contributed by atoms with Crippen LogP contribution in [-0.4, -0.2) is 15.9 Å². The van der Waals surface area contributed by atoms with Crippen molar-refractivity contribution in [3.63, 3.8) is 0 Å². The molecule has 0 radical (unpaired) electrons. The number of carbonyl (C=O) groups excluding carboxylic acids is 1. The predicted octanol–water partition coefficient (Wildman–Crippen LogP) is 6.86. The molecule has 0 saturated carbocycles. The lowest BCUT2D eigenvalue weighted by atomic mass is 10.0. The van der Waals surface area contributed by atoms with E-state index in [1.165, 1.54) is 11.3 Å². The highest BCUT2D eigenvalue weighted by Gasteiger charge is 2.22. The summed E-state index contributed by atoms with van der Waals surface area (Å²) in [6.07, 6.45) is 3.49. The van der Waals surface area contributed by atoms with Gasteiger partial charge in [0.1, 0.15) is 0 Å². The summed E-state index contributed by atoms with van der Waals surface area (Å²) >= 11 is 7.60. The summed E-state index contributed by atoms with van der Waals surface area (Å²) in [5.41, 5.74) is 4.53. The number of fused-ring (bicyclic) bond motifs is 1. The van der Waals surface area contributed by atoms with Gasteiger partial charge in [-0.15, -0.1) is 0 Å². The Morgan fingerprint density at radius 2 is 1.69 bits per heavy atom. The molecule has 5 aromatic rings. The molecule has 0 spiro atoms. The van der Waals surface area contributed by atoms with Crippen molar-refractivity contribution >= 4 is 44.2 Å². The van der Waals surface area contributed by atoms with E-state index in [2.05, 4.69) is 17.1 Å². The van der Waals surface area contributed by atoms with Crippen LogP contribution in [0.15, 0.2) is 97.3 Å². The van der Waals surface area contributed by atoms with Crippen molar-refractivity contribution in [2.45, 2.75) is 6.54 Å². The first-order chi connectivity index (χ1) is 15.7. The molecule has 0 N–H and O–H groups in total. The smallest absolute Gasteiger partial charge is 0.260 e. The second-order valence-electron chi connectivity index (χ2n) is 7.30. The number of rotatable bonds is 5. The van der Waals surface area contributed by atoms with Gasteiger partial charge in [-0.25, -0.2) is 4.98 Å². The molecule has 32 heavy (non-hydrogen) atoms. The quantitative estimate of drug-likeness (QED) is 0.291. The van der Waals surface area contributed by atoms with Gasteiger partial charge in [0.05, 0.1) is 16.8 Å². The van der Waals surface area contributed by atoms with E-state index in [1.54, 1.807) is 17.3 Å². The Labute approximate surface area is 194 Å². The number of pyridine rings is 1. The van der Waals surface area contributed by atoms with Crippen molar-refractivity contribution in [2.24, 2.45) is 0 Å². The number of nitrogens with zero attached hydrogens (tertiary/aromatic N) is 3. The van der Waals surface area contributed by atoms with Crippen LogP contribution in [-0.2, 0) is 6.54 Å². The molecule has 0 aliphatic carbocycles. The van der Waals surface area contributed by atoms with Gasteiger partial charge in [0.2, 0.25) is 0 Å². The molecular weight excluding hydrogens is 438 g/mol. The van der Waals surface area contributed by atoms with Crippen LogP contribution in [0, 0.1) is 0 Å². The molecule has 0 saturated heterocycles. The highest BCUT2D eigenvalue weighted by molar-refractivity contribution is 7.22. The lowest BCUT2D eigenvalue weighted by Crippen LogP contribution is -2.30. The first-order valence-corrected chi connectivity index (χ1v) is 11.3. The Morgan fingerprint density at radius 1 is 0.906 bits per heavy atom. The SMILES string of the molecule is O=C(c1ccc(-c2ccccc2)cc1)N(Cc1cccnc1)c1nc2ccc(Cl)cc2s1. The molecule has 3 aromatic carbocycles. The average Bonchev–Trinajstić information content (AvgIpc) is 3.26. The number of benzene rings is 3. The van der Waals surface area contributed by atoms with Crippen molar-refractivity contribution in [3.8, 4) is 11.1 Å². The fraction of sp³-hybridized carbons (Fsp3) is 0.0385. The first-order valence-electron chi connectivity index (χ1n) is 10.1. The van der Waals surface area contributed by atoms with E-state index in [0.29, 0.717) is 22.3 Å².